The van der Waals surface area contributed by atoms with Gasteiger partial charge >= 0.3 is 0 Å². The maximum atomic E-state index is 12.5. The zero-order valence-electron chi connectivity index (χ0n) is 13.7. The average Bonchev–Trinajstić information content (AvgIpc) is 3.12. The Kier molecular flexibility index (Phi) is 4.37. The smallest absolute Gasteiger partial charge is 0.227 e. The van der Waals surface area contributed by atoms with E-state index in [2.05, 4.69) is 6.07 Å². The lowest BCUT2D eigenvalue weighted by atomic mass is 9.86. The number of nitriles is 1. The topological polar surface area (TPSA) is 81.5 Å². The van der Waals surface area contributed by atoms with Gasteiger partial charge in [-0.05, 0) is 37.1 Å². The second kappa shape index (κ2) is 6.19. The van der Waals surface area contributed by atoms with Crippen LogP contribution >= 0.6 is 0 Å². The predicted octanol–water partition coefficient (Wildman–Crippen LogP) is 1.73. The lowest BCUT2D eigenvalue weighted by molar-refractivity contribution is -0.117. The van der Waals surface area contributed by atoms with Gasteiger partial charge in [0.15, 0.2) is 0 Å². The predicted molar refractivity (Wildman–Crippen MR) is 90.8 cm³/mol. The number of carbonyl (C=O) groups is 1. The molecule has 1 aromatic carbocycles. The van der Waals surface area contributed by atoms with E-state index in [1.807, 2.05) is 6.92 Å². The monoisotopic (exact) mass is 347 g/mol. The Hall–Kier alpha value is -1.91. The molecule has 1 amide bonds. The Morgan fingerprint density at radius 1 is 1.25 bits per heavy atom. The van der Waals surface area contributed by atoms with Crippen molar-refractivity contribution < 1.29 is 13.2 Å². The summed E-state index contributed by atoms with van der Waals surface area (Å²) >= 11 is 0. The molecule has 1 aromatic rings. The first kappa shape index (κ1) is 16.9. The molecule has 1 spiro atoms. The largest absolute Gasteiger partial charge is 0.312 e. The van der Waals surface area contributed by atoms with Crippen molar-refractivity contribution in [3.05, 3.63) is 29.8 Å². The summed E-state index contributed by atoms with van der Waals surface area (Å²) in [6.07, 6.45) is 1.70. The van der Waals surface area contributed by atoms with E-state index < -0.39 is 10.0 Å². The van der Waals surface area contributed by atoms with Gasteiger partial charge in [-0.1, -0.05) is 6.92 Å². The van der Waals surface area contributed by atoms with E-state index >= 15 is 0 Å². The van der Waals surface area contributed by atoms with Crippen LogP contribution in [0.2, 0.25) is 0 Å². The van der Waals surface area contributed by atoms with Crippen LogP contribution in [0.3, 0.4) is 0 Å². The minimum absolute atomic E-state index is 0.0226. The first-order valence-electron chi connectivity index (χ1n) is 8.17. The summed E-state index contributed by atoms with van der Waals surface area (Å²) in [5.41, 5.74) is 1.04. The maximum Gasteiger partial charge on any atom is 0.227 e. The van der Waals surface area contributed by atoms with E-state index in [9.17, 15) is 13.2 Å². The number of hydrogen-bond acceptors (Lipinski definition) is 4. The lowest BCUT2D eigenvalue weighted by Crippen LogP contribution is -2.35. The first-order valence-corrected chi connectivity index (χ1v) is 9.78. The number of amides is 1. The van der Waals surface area contributed by atoms with Crippen molar-refractivity contribution in [2.45, 2.75) is 26.2 Å². The van der Waals surface area contributed by atoms with Gasteiger partial charge in [-0.15, -0.1) is 0 Å². The molecule has 0 aliphatic carbocycles. The third-order valence-corrected chi connectivity index (χ3v) is 6.91. The maximum absolute atomic E-state index is 12.5. The highest BCUT2D eigenvalue weighted by Gasteiger charge is 2.49. The Labute approximate surface area is 142 Å². The second-order valence-corrected chi connectivity index (χ2v) is 8.80. The summed E-state index contributed by atoms with van der Waals surface area (Å²) in [5.74, 6) is 0.186. The molecule has 0 aromatic heterocycles. The normalized spacial score (nSPS) is 24.7. The third kappa shape index (κ3) is 3.04. The van der Waals surface area contributed by atoms with Gasteiger partial charge in [0.05, 0.1) is 17.4 Å². The molecule has 0 saturated carbocycles. The number of sulfonamides is 1. The number of anilines is 1. The Balaban J connectivity index is 1.76. The fourth-order valence-electron chi connectivity index (χ4n) is 3.64. The SMILES string of the molecule is CCCS(=O)(=O)N1CC[C@@]2(CC(=O)N(c3ccc(C#N)cc3)C2)C1. The lowest BCUT2D eigenvalue weighted by Gasteiger charge is -2.24. The fraction of sp³-hybridized carbons (Fsp3) is 0.529. The van der Waals surface area contributed by atoms with Gasteiger partial charge in [0.2, 0.25) is 15.9 Å². The molecule has 0 radical (unpaired) electrons. The summed E-state index contributed by atoms with van der Waals surface area (Å²) in [4.78, 5) is 14.2. The van der Waals surface area contributed by atoms with E-state index in [4.69, 9.17) is 5.26 Å². The summed E-state index contributed by atoms with van der Waals surface area (Å²) < 4.78 is 26.1. The molecule has 7 heteroatoms. The van der Waals surface area contributed by atoms with Crippen molar-refractivity contribution in [3.8, 4) is 6.07 Å². The molecular weight excluding hydrogens is 326 g/mol. The van der Waals surface area contributed by atoms with E-state index in [0.29, 0.717) is 44.5 Å². The summed E-state index contributed by atoms with van der Waals surface area (Å²) in [6, 6.07) is 9.00. The van der Waals surface area contributed by atoms with Crippen LogP contribution in [0.1, 0.15) is 31.7 Å². The van der Waals surface area contributed by atoms with Crippen LogP contribution in [0.5, 0.6) is 0 Å². The number of carbonyl (C=O) groups excluding carboxylic acids is 1. The van der Waals surface area contributed by atoms with Crippen LogP contribution in [-0.2, 0) is 14.8 Å². The van der Waals surface area contributed by atoms with Crippen LogP contribution in [0.15, 0.2) is 24.3 Å². The molecule has 24 heavy (non-hydrogen) atoms. The fourth-order valence-corrected chi connectivity index (χ4v) is 5.25. The molecule has 3 rings (SSSR count). The molecule has 2 aliphatic heterocycles. The van der Waals surface area contributed by atoms with Gasteiger partial charge < -0.3 is 4.90 Å². The van der Waals surface area contributed by atoms with Gasteiger partial charge in [0, 0.05) is 37.2 Å². The molecule has 2 heterocycles. The van der Waals surface area contributed by atoms with Crippen molar-refractivity contribution >= 4 is 21.6 Å². The molecule has 0 unspecified atom stereocenters. The van der Waals surface area contributed by atoms with E-state index in [0.717, 1.165) is 5.69 Å². The van der Waals surface area contributed by atoms with Gasteiger partial charge in [0.1, 0.15) is 0 Å². The van der Waals surface area contributed by atoms with Crippen molar-refractivity contribution in [3.63, 3.8) is 0 Å². The molecule has 1 atom stereocenters. The van der Waals surface area contributed by atoms with E-state index in [1.54, 1.807) is 33.5 Å². The van der Waals surface area contributed by atoms with Crippen LogP contribution in [0.4, 0.5) is 5.69 Å². The van der Waals surface area contributed by atoms with Crippen LogP contribution in [0.25, 0.3) is 0 Å². The highest BCUT2D eigenvalue weighted by molar-refractivity contribution is 7.89. The molecule has 2 fully saturated rings. The van der Waals surface area contributed by atoms with Crippen LogP contribution in [0, 0.1) is 16.7 Å². The average molecular weight is 347 g/mol. The number of rotatable bonds is 4. The first-order chi connectivity index (χ1) is 11.4. The standard InChI is InChI=1S/C17H21N3O3S/c1-2-9-24(22,23)19-8-7-17(12-19)10-16(21)20(13-17)15-5-3-14(11-18)4-6-15/h3-6H,2,7-10,12-13H2,1H3/t17-/m1/s1. The minimum atomic E-state index is -3.21. The van der Waals surface area contributed by atoms with Crippen molar-refractivity contribution in [1.82, 2.24) is 4.31 Å². The summed E-state index contributed by atoms with van der Waals surface area (Å²) in [5, 5.41) is 8.87. The number of hydrogen-bond donors (Lipinski definition) is 0. The summed E-state index contributed by atoms with van der Waals surface area (Å²) in [6.45, 7) is 3.32. The molecule has 0 bridgehead atoms. The highest BCUT2D eigenvalue weighted by atomic mass is 32.2. The molecule has 0 N–H and O–H groups in total. The summed E-state index contributed by atoms with van der Waals surface area (Å²) in [7, 11) is -3.21. The molecule has 2 aliphatic rings. The third-order valence-electron chi connectivity index (χ3n) is 4.89. The Morgan fingerprint density at radius 3 is 2.58 bits per heavy atom. The molecule has 2 saturated heterocycles. The molecular formula is C17H21N3O3S. The number of nitrogens with zero attached hydrogens (tertiary/aromatic N) is 3. The molecule has 128 valence electrons. The zero-order chi connectivity index (χ0) is 17.4. The van der Waals surface area contributed by atoms with E-state index in [-0.39, 0.29) is 17.1 Å². The highest BCUT2D eigenvalue weighted by Crippen LogP contribution is 2.42. The van der Waals surface area contributed by atoms with Crippen LogP contribution < -0.4 is 4.90 Å². The van der Waals surface area contributed by atoms with Crippen LogP contribution in [-0.4, -0.2) is 44.0 Å². The van der Waals surface area contributed by atoms with Gasteiger partial charge in [-0.3, -0.25) is 4.79 Å². The number of benzene rings is 1. The van der Waals surface area contributed by atoms with E-state index in [1.165, 1.54) is 0 Å². The Bertz CT molecular complexity index is 782. The zero-order valence-corrected chi connectivity index (χ0v) is 14.6. The van der Waals surface area contributed by atoms with Gasteiger partial charge in [0.25, 0.3) is 0 Å². The van der Waals surface area contributed by atoms with Gasteiger partial charge in [-0.2, -0.15) is 5.26 Å². The minimum Gasteiger partial charge on any atom is -0.312 e. The second-order valence-electron chi connectivity index (χ2n) is 6.71. The van der Waals surface area contributed by atoms with Crippen molar-refractivity contribution in [2.24, 2.45) is 5.41 Å². The quantitative estimate of drug-likeness (QED) is 0.830. The van der Waals surface area contributed by atoms with Gasteiger partial charge in [-0.25, -0.2) is 12.7 Å². The van der Waals surface area contributed by atoms with Crippen molar-refractivity contribution in [2.75, 3.05) is 30.3 Å². The molecule has 6 nitrogen and oxygen atoms in total. The van der Waals surface area contributed by atoms with Crippen molar-refractivity contribution in [1.29, 1.82) is 5.26 Å². The Morgan fingerprint density at radius 2 is 1.96 bits per heavy atom.